The van der Waals surface area contributed by atoms with Crippen LogP contribution in [0, 0.1) is 0 Å². The lowest BCUT2D eigenvalue weighted by Crippen LogP contribution is -2.53. The number of benzene rings is 8. The van der Waals surface area contributed by atoms with Gasteiger partial charge in [-0.2, -0.15) is 0 Å². The standard InChI is InChI=1S/C58H54N4/c1-55(2)57(5,6)61(53(59-55)40-24-14-10-15-25-40)45-30-20-28-43(36-45)51-47-32-18-19-33-48(47)52(50-38-42(34-35-49(50)51)39-22-12-9-13-23-39)44-29-21-31-46(37-44)62-54(41-26-16-11-17-27-41)60-56(3,4)58(62,7)8/h9-38H,1-8H3. The Bertz CT molecular complexity index is 3070. The summed E-state index contributed by atoms with van der Waals surface area (Å²) in [6.07, 6.45) is 0. The van der Waals surface area contributed by atoms with Crippen molar-refractivity contribution in [2.75, 3.05) is 9.80 Å². The summed E-state index contributed by atoms with van der Waals surface area (Å²) in [6.45, 7) is 18.3. The number of fused-ring (bicyclic) bond motifs is 2. The highest BCUT2D eigenvalue weighted by atomic mass is 15.3. The van der Waals surface area contributed by atoms with Crippen LogP contribution < -0.4 is 9.80 Å². The number of hydrogen-bond donors (Lipinski definition) is 0. The van der Waals surface area contributed by atoms with Gasteiger partial charge in [0.25, 0.3) is 0 Å². The third-order valence-corrected chi connectivity index (χ3v) is 14.3. The van der Waals surface area contributed by atoms with Crippen LogP contribution in [0.4, 0.5) is 11.4 Å². The molecule has 0 radical (unpaired) electrons. The summed E-state index contributed by atoms with van der Waals surface area (Å²) in [7, 11) is 0. The maximum atomic E-state index is 5.40. The molecule has 0 aliphatic carbocycles. The number of aliphatic imine (C=N–C) groups is 2. The first-order chi connectivity index (χ1) is 29.8. The minimum absolute atomic E-state index is 0.287. The first-order valence-electron chi connectivity index (χ1n) is 21.9. The predicted molar refractivity (Wildman–Crippen MR) is 265 cm³/mol. The van der Waals surface area contributed by atoms with E-state index in [4.69, 9.17) is 9.98 Å². The van der Waals surface area contributed by atoms with Crippen molar-refractivity contribution >= 4 is 44.6 Å². The molecule has 4 nitrogen and oxygen atoms in total. The fraction of sp³-hybridized carbons (Fsp3) is 0.207. The molecule has 0 saturated heterocycles. The molecule has 306 valence electrons. The topological polar surface area (TPSA) is 31.2 Å². The van der Waals surface area contributed by atoms with Crippen molar-refractivity contribution in [2.24, 2.45) is 9.98 Å². The largest absolute Gasteiger partial charge is 0.318 e. The Balaban J connectivity index is 1.21. The Morgan fingerprint density at radius 2 is 0.677 bits per heavy atom. The molecular weight excluding hydrogens is 753 g/mol. The van der Waals surface area contributed by atoms with Crippen molar-refractivity contribution in [1.29, 1.82) is 0 Å². The molecule has 0 aromatic heterocycles. The Morgan fingerprint density at radius 1 is 0.306 bits per heavy atom. The van der Waals surface area contributed by atoms with Crippen LogP contribution >= 0.6 is 0 Å². The molecule has 62 heavy (non-hydrogen) atoms. The second kappa shape index (κ2) is 14.4. The number of nitrogens with zero attached hydrogens (tertiary/aromatic N) is 4. The normalized spacial score (nSPS) is 17.4. The van der Waals surface area contributed by atoms with Gasteiger partial charge in [0.2, 0.25) is 0 Å². The van der Waals surface area contributed by atoms with E-state index in [-0.39, 0.29) is 22.2 Å². The van der Waals surface area contributed by atoms with Gasteiger partial charge < -0.3 is 9.80 Å². The van der Waals surface area contributed by atoms with E-state index in [1.807, 2.05) is 0 Å². The molecule has 4 heteroatoms. The zero-order chi connectivity index (χ0) is 43.0. The van der Waals surface area contributed by atoms with Gasteiger partial charge in [-0.05, 0) is 141 Å². The highest BCUT2D eigenvalue weighted by Gasteiger charge is 2.51. The summed E-state index contributed by atoms with van der Waals surface area (Å²) >= 11 is 0. The summed E-state index contributed by atoms with van der Waals surface area (Å²) in [5.41, 5.74) is 10.5. The van der Waals surface area contributed by atoms with Gasteiger partial charge in [-0.25, -0.2) is 0 Å². The number of hydrogen-bond acceptors (Lipinski definition) is 4. The number of anilines is 2. The van der Waals surface area contributed by atoms with Crippen LogP contribution in [0.25, 0.3) is 54.9 Å². The summed E-state index contributed by atoms with van der Waals surface area (Å²) in [4.78, 5) is 15.7. The van der Waals surface area contributed by atoms with Gasteiger partial charge >= 0.3 is 0 Å². The van der Waals surface area contributed by atoms with Gasteiger partial charge in [0, 0.05) is 22.5 Å². The average molecular weight is 807 g/mol. The Morgan fingerprint density at radius 3 is 1.13 bits per heavy atom. The van der Waals surface area contributed by atoms with Crippen molar-refractivity contribution in [3.05, 3.63) is 193 Å². The van der Waals surface area contributed by atoms with Crippen molar-refractivity contribution in [2.45, 2.75) is 77.5 Å². The van der Waals surface area contributed by atoms with Crippen LogP contribution in [-0.4, -0.2) is 33.8 Å². The highest BCUT2D eigenvalue weighted by molar-refractivity contribution is 6.23. The van der Waals surface area contributed by atoms with Crippen LogP contribution in [0.1, 0.15) is 66.5 Å². The molecule has 10 rings (SSSR count). The van der Waals surface area contributed by atoms with Gasteiger partial charge in [-0.3, -0.25) is 9.98 Å². The Labute approximate surface area is 366 Å². The average Bonchev–Trinajstić information content (AvgIpc) is 3.60. The second-order valence-electron chi connectivity index (χ2n) is 19.0. The molecule has 0 bridgehead atoms. The monoisotopic (exact) mass is 806 g/mol. The molecule has 0 spiro atoms. The van der Waals surface area contributed by atoms with Crippen LogP contribution in [0.15, 0.2) is 192 Å². The van der Waals surface area contributed by atoms with Crippen LogP contribution in [-0.2, 0) is 0 Å². The molecule has 0 amide bonds. The molecule has 0 unspecified atom stereocenters. The predicted octanol–water partition coefficient (Wildman–Crippen LogP) is 14.6. The molecule has 0 N–H and O–H groups in total. The van der Waals surface area contributed by atoms with E-state index in [0.29, 0.717) is 0 Å². The molecule has 0 fully saturated rings. The molecule has 8 aromatic carbocycles. The second-order valence-corrected chi connectivity index (χ2v) is 19.0. The van der Waals surface area contributed by atoms with Gasteiger partial charge in [0.05, 0.1) is 22.2 Å². The zero-order valence-electron chi connectivity index (χ0n) is 37.1. The van der Waals surface area contributed by atoms with Gasteiger partial charge in [0.15, 0.2) is 0 Å². The van der Waals surface area contributed by atoms with Crippen molar-refractivity contribution < 1.29 is 0 Å². The fourth-order valence-electron chi connectivity index (χ4n) is 9.64. The van der Waals surface area contributed by atoms with Crippen molar-refractivity contribution in [3.8, 4) is 33.4 Å². The maximum absolute atomic E-state index is 5.40. The van der Waals surface area contributed by atoms with Gasteiger partial charge in [-0.1, -0.05) is 152 Å². The lowest BCUT2D eigenvalue weighted by Gasteiger charge is -2.41. The minimum Gasteiger partial charge on any atom is -0.318 e. The smallest absolute Gasteiger partial charge is 0.136 e. The zero-order valence-corrected chi connectivity index (χ0v) is 37.1. The highest BCUT2D eigenvalue weighted by Crippen LogP contribution is 2.49. The molecule has 8 aromatic rings. The molecule has 0 saturated carbocycles. The van der Waals surface area contributed by atoms with Crippen LogP contribution in [0.5, 0.6) is 0 Å². The molecule has 2 aliphatic rings. The van der Waals surface area contributed by atoms with Crippen LogP contribution in [0.3, 0.4) is 0 Å². The molecular formula is C58H54N4. The minimum atomic E-state index is -0.317. The number of rotatable bonds is 7. The summed E-state index contributed by atoms with van der Waals surface area (Å²) < 4.78 is 0. The molecule has 0 atom stereocenters. The van der Waals surface area contributed by atoms with E-state index >= 15 is 0 Å². The van der Waals surface area contributed by atoms with E-state index in [1.165, 1.54) is 54.9 Å². The summed E-state index contributed by atoms with van der Waals surface area (Å²) in [6, 6.07) is 66.3. The van der Waals surface area contributed by atoms with E-state index in [9.17, 15) is 0 Å². The molecule has 2 heterocycles. The van der Waals surface area contributed by atoms with Crippen LogP contribution in [0.2, 0.25) is 0 Å². The van der Waals surface area contributed by atoms with Crippen molar-refractivity contribution in [1.82, 2.24) is 0 Å². The molecule has 2 aliphatic heterocycles. The fourth-order valence-corrected chi connectivity index (χ4v) is 9.64. The SMILES string of the molecule is CC1(C)N=C(c2ccccc2)N(c2cccc(-c3c4ccccc4c(-c4cccc(N5C(c6ccccc6)=NC(C)(C)C5(C)C)c4)c4cc(-c5ccccc5)ccc34)c2)C1(C)C. The Hall–Kier alpha value is -6.78. The van der Waals surface area contributed by atoms with E-state index < -0.39 is 0 Å². The first kappa shape index (κ1) is 39.4. The Kier molecular flexibility index (Phi) is 9.15. The van der Waals surface area contributed by atoms with Gasteiger partial charge in [0.1, 0.15) is 11.7 Å². The summed E-state index contributed by atoms with van der Waals surface area (Å²) in [5.74, 6) is 2.00. The van der Waals surface area contributed by atoms with Gasteiger partial charge in [-0.15, -0.1) is 0 Å². The lowest BCUT2D eigenvalue weighted by atomic mass is 9.82. The van der Waals surface area contributed by atoms with E-state index in [1.54, 1.807) is 0 Å². The third-order valence-electron chi connectivity index (χ3n) is 14.3. The third kappa shape index (κ3) is 6.18. The van der Waals surface area contributed by atoms with E-state index in [0.717, 1.165) is 34.2 Å². The maximum Gasteiger partial charge on any atom is 0.136 e. The number of amidine groups is 2. The summed E-state index contributed by atoms with van der Waals surface area (Å²) in [5, 5.41) is 4.87. The van der Waals surface area contributed by atoms with Crippen molar-refractivity contribution in [3.63, 3.8) is 0 Å². The first-order valence-corrected chi connectivity index (χ1v) is 21.9. The lowest BCUT2D eigenvalue weighted by molar-refractivity contribution is 0.338. The quantitative estimate of drug-likeness (QED) is 0.150. The van der Waals surface area contributed by atoms with E-state index in [2.05, 4.69) is 247 Å².